The van der Waals surface area contributed by atoms with Crippen LogP contribution in [0.25, 0.3) is 5.65 Å². The molecule has 1 amide bonds. The number of halogens is 2. The van der Waals surface area contributed by atoms with Gasteiger partial charge in [0, 0.05) is 27.4 Å². The van der Waals surface area contributed by atoms with E-state index in [4.69, 9.17) is 11.6 Å². The molecule has 0 fully saturated rings. The summed E-state index contributed by atoms with van der Waals surface area (Å²) in [7, 11) is 0. The number of fused-ring (bicyclic) bond motifs is 1. The summed E-state index contributed by atoms with van der Waals surface area (Å²) >= 11 is 9.52. The molecule has 1 aromatic carbocycles. The monoisotopic (exact) mass is 392 g/mol. The van der Waals surface area contributed by atoms with Gasteiger partial charge in [-0.3, -0.25) is 4.79 Å². The van der Waals surface area contributed by atoms with E-state index in [1.807, 2.05) is 32.0 Å². The molecule has 1 N–H and O–H groups in total. The topological polar surface area (TPSA) is 59.3 Å². The molecular formula is C16H14BrClN4O. The number of nitrogens with one attached hydrogen (secondary N) is 1. The summed E-state index contributed by atoms with van der Waals surface area (Å²) in [6, 6.07) is 7.47. The summed E-state index contributed by atoms with van der Waals surface area (Å²) in [5.41, 5.74) is 3.63. The van der Waals surface area contributed by atoms with Crippen LogP contribution in [0.15, 0.2) is 34.9 Å². The average Bonchev–Trinajstić information content (AvgIpc) is 2.90. The van der Waals surface area contributed by atoms with Crippen LogP contribution in [0.3, 0.4) is 0 Å². The number of hydrogen-bond acceptors (Lipinski definition) is 3. The number of benzene rings is 1. The molecule has 2 aromatic heterocycles. The number of nitrogens with zero attached hydrogens (tertiary/aromatic N) is 3. The van der Waals surface area contributed by atoms with E-state index >= 15 is 0 Å². The molecule has 0 atom stereocenters. The molecule has 5 nitrogen and oxygen atoms in total. The molecule has 118 valence electrons. The van der Waals surface area contributed by atoms with E-state index in [9.17, 15) is 4.79 Å². The first-order valence-electron chi connectivity index (χ1n) is 7.00. The van der Waals surface area contributed by atoms with Gasteiger partial charge in [-0.25, -0.2) is 9.50 Å². The standard InChI is InChI=1S/C16H14BrClN4O/c1-9-5-10(2)22-15(21-9)13(8-20-22)16(23)19-7-11-3-4-12(17)6-14(11)18/h3-6,8H,7H2,1-2H3,(H,19,23). The van der Waals surface area contributed by atoms with Crippen LogP contribution >= 0.6 is 27.5 Å². The van der Waals surface area contributed by atoms with Gasteiger partial charge in [-0.15, -0.1) is 0 Å². The highest BCUT2D eigenvalue weighted by molar-refractivity contribution is 9.10. The van der Waals surface area contributed by atoms with Crippen molar-refractivity contribution in [3.8, 4) is 0 Å². The molecule has 0 saturated carbocycles. The van der Waals surface area contributed by atoms with Crippen LogP contribution in [0, 0.1) is 13.8 Å². The third kappa shape index (κ3) is 3.23. The van der Waals surface area contributed by atoms with Crippen molar-refractivity contribution < 1.29 is 4.79 Å². The lowest BCUT2D eigenvalue weighted by molar-refractivity contribution is 0.0952. The molecule has 3 aromatic rings. The van der Waals surface area contributed by atoms with Gasteiger partial charge in [0.05, 0.1) is 6.20 Å². The molecule has 0 aliphatic heterocycles. The average molecular weight is 394 g/mol. The van der Waals surface area contributed by atoms with Crippen LogP contribution in [0.5, 0.6) is 0 Å². The smallest absolute Gasteiger partial charge is 0.257 e. The predicted molar refractivity (Wildman–Crippen MR) is 92.8 cm³/mol. The maximum absolute atomic E-state index is 12.4. The van der Waals surface area contributed by atoms with Crippen LogP contribution in [0.4, 0.5) is 0 Å². The minimum atomic E-state index is -0.225. The zero-order valence-electron chi connectivity index (χ0n) is 12.6. The third-order valence-corrected chi connectivity index (χ3v) is 4.32. The summed E-state index contributed by atoms with van der Waals surface area (Å²) in [6.45, 7) is 4.16. The molecule has 0 spiro atoms. The Labute approximate surface area is 146 Å². The van der Waals surface area contributed by atoms with Crippen molar-refractivity contribution >= 4 is 39.1 Å². The molecular weight excluding hydrogens is 380 g/mol. The molecule has 7 heteroatoms. The van der Waals surface area contributed by atoms with Gasteiger partial charge in [-0.2, -0.15) is 5.10 Å². The van der Waals surface area contributed by atoms with Gasteiger partial charge in [0.1, 0.15) is 5.56 Å². The fourth-order valence-corrected chi connectivity index (χ4v) is 3.11. The fourth-order valence-electron chi connectivity index (χ4n) is 2.37. The second kappa shape index (κ2) is 6.29. The Kier molecular flexibility index (Phi) is 4.37. The van der Waals surface area contributed by atoms with Crippen molar-refractivity contribution in [2.75, 3.05) is 0 Å². The molecule has 0 saturated heterocycles. The van der Waals surface area contributed by atoms with E-state index in [-0.39, 0.29) is 5.91 Å². The maximum atomic E-state index is 12.4. The lowest BCUT2D eigenvalue weighted by Gasteiger charge is -2.07. The van der Waals surface area contributed by atoms with Gasteiger partial charge in [-0.1, -0.05) is 33.6 Å². The summed E-state index contributed by atoms with van der Waals surface area (Å²) in [4.78, 5) is 16.8. The van der Waals surface area contributed by atoms with E-state index in [1.165, 1.54) is 6.20 Å². The number of rotatable bonds is 3. The van der Waals surface area contributed by atoms with E-state index in [1.54, 1.807) is 10.6 Å². The zero-order chi connectivity index (χ0) is 16.6. The normalized spacial score (nSPS) is 11.0. The Hall–Kier alpha value is -1.92. The lowest BCUT2D eigenvalue weighted by Crippen LogP contribution is -2.23. The number of hydrogen-bond donors (Lipinski definition) is 1. The van der Waals surface area contributed by atoms with E-state index in [0.717, 1.165) is 21.4 Å². The fraction of sp³-hybridized carbons (Fsp3) is 0.188. The summed E-state index contributed by atoms with van der Waals surface area (Å²) in [6.07, 6.45) is 1.54. The largest absolute Gasteiger partial charge is 0.348 e. The third-order valence-electron chi connectivity index (χ3n) is 3.48. The van der Waals surface area contributed by atoms with Gasteiger partial charge < -0.3 is 5.32 Å². The predicted octanol–water partition coefficient (Wildman–Crippen LogP) is 3.69. The first kappa shape index (κ1) is 16.0. The van der Waals surface area contributed by atoms with Crippen molar-refractivity contribution in [1.82, 2.24) is 19.9 Å². The number of aromatic nitrogens is 3. The van der Waals surface area contributed by atoms with Gasteiger partial charge in [0.25, 0.3) is 5.91 Å². The van der Waals surface area contributed by atoms with Crippen LogP contribution in [-0.4, -0.2) is 20.5 Å². The van der Waals surface area contributed by atoms with Crippen molar-refractivity contribution in [2.45, 2.75) is 20.4 Å². The van der Waals surface area contributed by atoms with Gasteiger partial charge in [-0.05, 0) is 37.6 Å². The van der Waals surface area contributed by atoms with Crippen LogP contribution in [-0.2, 0) is 6.54 Å². The SMILES string of the molecule is Cc1cc(C)n2ncc(C(=O)NCc3ccc(Br)cc3Cl)c2n1. The highest BCUT2D eigenvalue weighted by Crippen LogP contribution is 2.21. The quantitative estimate of drug-likeness (QED) is 0.738. The Bertz CT molecular complexity index is 906. The second-order valence-electron chi connectivity index (χ2n) is 5.25. The first-order valence-corrected chi connectivity index (χ1v) is 8.17. The zero-order valence-corrected chi connectivity index (χ0v) is 14.9. The second-order valence-corrected chi connectivity index (χ2v) is 6.57. The van der Waals surface area contributed by atoms with Gasteiger partial charge in [0.2, 0.25) is 0 Å². The van der Waals surface area contributed by atoms with Crippen LogP contribution in [0.1, 0.15) is 27.3 Å². The van der Waals surface area contributed by atoms with Gasteiger partial charge in [0.15, 0.2) is 5.65 Å². The Balaban J connectivity index is 1.84. The first-order chi connectivity index (χ1) is 11.0. The summed E-state index contributed by atoms with van der Waals surface area (Å²) in [5.74, 6) is -0.225. The van der Waals surface area contributed by atoms with Crippen LogP contribution in [0.2, 0.25) is 5.02 Å². The van der Waals surface area contributed by atoms with E-state index in [2.05, 4.69) is 31.3 Å². The minimum Gasteiger partial charge on any atom is -0.348 e. The molecule has 0 aliphatic carbocycles. The highest BCUT2D eigenvalue weighted by atomic mass is 79.9. The number of aryl methyl sites for hydroxylation is 2. The Morgan fingerprint density at radius 3 is 2.87 bits per heavy atom. The van der Waals surface area contributed by atoms with Crippen LogP contribution < -0.4 is 5.32 Å². The Morgan fingerprint density at radius 1 is 1.35 bits per heavy atom. The van der Waals surface area contributed by atoms with Crippen molar-refractivity contribution in [3.05, 3.63) is 62.5 Å². The van der Waals surface area contributed by atoms with Gasteiger partial charge >= 0.3 is 0 Å². The molecule has 3 rings (SSSR count). The molecule has 0 unspecified atom stereocenters. The molecule has 0 bridgehead atoms. The molecule has 0 aliphatic rings. The molecule has 23 heavy (non-hydrogen) atoms. The van der Waals surface area contributed by atoms with Crippen molar-refractivity contribution in [3.63, 3.8) is 0 Å². The number of carbonyl (C=O) groups excluding carboxylic acids is 1. The highest BCUT2D eigenvalue weighted by Gasteiger charge is 2.15. The summed E-state index contributed by atoms with van der Waals surface area (Å²) in [5, 5.41) is 7.69. The summed E-state index contributed by atoms with van der Waals surface area (Å²) < 4.78 is 2.56. The van der Waals surface area contributed by atoms with E-state index in [0.29, 0.717) is 22.8 Å². The molecule has 2 heterocycles. The Morgan fingerprint density at radius 2 is 2.13 bits per heavy atom. The maximum Gasteiger partial charge on any atom is 0.257 e. The lowest BCUT2D eigenvalue weighted by atomic mass is 10.2. The molecule has 0 radical (unpaired) electrons. The van der Waals surface area contributed by atoms with E-state index < -0.39 is 0 Å². The number of amides is 1. The van der Waals surface area contributed by atoms with Crippen molar-refractivity contribution in [1.29, 1.82) is 0 Å². The number of carbonyl (C=O) groups is 1. The minimum absolute atomic E-state index is 0.225. The van der Waals surface area contributed by atoms with Crippen molar-refractivity contribution in [2.24, 2.45) is 0 Å².